The van der Waals surface area contributed by atoms with Crippen molar-refractivity contribution in [2.24, 2.45) is 4.99 Å². The maximum Gasteiger partial charge on any atom is 0.191 e. The smallest absolute Gasteiger partial charge is 0.191 e. The topological polar surface area (TPSA) is 54.9 Å². The lowest BCUT2D eigenvalue weighted by Gasteiger charge is -2.13. The molecule has 0 aromatic heterocycles. The van der Waals surface area contributed by atoms with E-state index in [9.17, 15) is 0 Å². The molecule has 23 heavy (non-hydrogen) atoms. The van der Waals surface area contributed by atoms with Crippen molar-refractivity contribution in [1.29, 1.82) is 0 Å². The van der Waals surface area contributed by atoms with E-state index in [1.165, 1.54) is 5.56 Å². The number of aryl methyl sites for hydroxylation is 1. The highest BCUT2D eigenvalue weighted by Crippen LogP contribution is 2.21. The van der Waals surface area contributed by atoms with Crippen LogP contribution in [0.5, 0.6) is 5.75 Å². The van der Waals surface area contributed by atoms with Crippen molar-refractivity contribution >= 4 is 29.9 Å². The molecule has 1 rings (SSSR count). The molecule has 0 unspecified atom stereocenters. The molecule has 0 amide bonds. The summed E-state index contributed by atoms with van der Waals surface area (Å²) >= 11 is 0. The van der Waals surface area contributed by atoms with E-state index in [0.29, 0.717) is 19.8 Å². The summed E-state index contributed by atoms with van der Waals surface area (Å²) in [5.74, 6) is 1.74. The number of nitrogens with one attached hydrogen (secondary N) is 2. The van der Waals surface area contributed by atoms with Crippen LogP contribution in [-0.4, -0.2) is 39.4 Å². The summed E-state index contributed by atoms with van der Waals surface area (Å²) < 4.78 is 10.9. The maximum absolute atomic E-state index is 5.88. The Morgan fingerprint density at radius 1 is 1.13 bits per heavy atom. The number of benzene rings is 1. The van der Waals surface area contributed by atoms with Crippen molar-refractivity contribution in [3.8, 4) is 5.75 Å². The third kappa shape index (κ3) is 9.00. The number of rotatable bonds is 9. The minimum Gasteiger partial charge on any atom is -0.493 e. The van der Waals surface area contributed by atoms with Crippen LogP contribution in [0.3, 0.4) is 0 Å². The third-order valence-corrected chi connectivity index (χ3v) is 3.07. The molecule has 0 heterocycles. The molecule has 132 valence electrons. The fourth-order valence-electron chi connectivity index (χ4n) is 1.99. The molecule has 1 aromatic rings. The number of guanidine groups is 1. The Bertz CT molecular complexity index is 459. The van der Waals surface area contributed by atoms with E-state index in [2.05, 4.69) is 54.6 Å². The van der Waals surface area contributed by atoms with Gasteiger partial charge in [0.2, 0.25) is 0 Å². The molecule has 0 bridgehead atoms. The summed E-state index contributed by atoms with van der Waals surface area (Å²) in [6, 6.07) is 6.24. The minimum absolute atomic E-state index is 0. The van der Waals surface area contributed by atoms with Crippen LogP contribution in [0, 0.1) is 6.92 Å². The van der Waals surface area contributed by atoms with Crippen molar-refractivity contribution in [2.75, 3.05) is 33.4 Å². The van der Waals surface area contributed by atoms with Gasteiger partial charge in [0, 0.05) is 38.8 Å². The Morgan fingerprint density at radius 2 is 1.83 bits per heavy atom. The largest absolute Gasteiger partial charge is 0.493 e. The molecule has 0 aliphatic heterocycles. The molecule has 0 aliphatic rings. The van der Waals surface area contributed by atoms with Gasteiger partial charge in [0.05, 0.1) is 13.2 Å². The van der Waals surface area contributed by atoms with Gasteiger partial charge in [-0.2, -0.15) is 0 Å². The molecule has 0 atom stereocenters. The van der Waals surface area contributed by atoms with Crippen LogP contribution in [0.1, 0.15) is 31.4 Å². The second kappa shape index (κ2) is 13.4. The highest BCUT2D eigenvalue weighted by atomic mass is 127. The van der Waals surface area contributed by atoms with E-state index in [1.807, 2.05) is 0 Å². The van der Waals surface area contributed by atoms with Gasteiger partial charge < -0.3 is 20.1 Å². The number of hydrogen-bond acceptors (Lipinski definition) is 3. The molecule has 0 saturated heterocycles. The van der Waals surface area contributed by atoms with Crippen LogP contribution >= 0.6 is 24.0 Å². The Morgan fingerprint density at radius 3 is 2.43 bits per heavy atom. The van der Waals surface area contributed by atoms with Gasteiger partial charge in [-0.25, -0.2) is 4.99 Å². The van der Waals surface area contributed by atoms with Gasteiger partial charge in [0.1, 0.15) is 5.75 Å². The average Bonchev–Trinajstić information content (AvgIpc) is 2.51. The Labute approximate surface area is 157 Å². The number of halogens is 1. The van der Waals surface area contributed by atoms with E-state index < -0.39 is 0 Å². The van der Waals surface area contributed by atoms with Crippen LogP contribution in [0.4, 0.5) is 0 Å². The first-order valence-electron chi connectivity index (χ1n) is 7.94. The van der Waals surface area contributed by atoms with Crippen LogP contribution < -0.4 is 15.4 Å². The molecule has 6 heteroatoms. The molecule has 0 fully saturated rings. The monoisotopic (exact) mass is 435 g/mol. The third-order valence-electron chi connectivity index (χ3n) is 3.07. The second-order valence-corrected chi connectivity index (χ2v) is 5.03. The van der Waals surface area contributed by atoms with Gasteiger partial charge in [-0.05, 0) is 32.4 Å². The molecule has 1 aromatic carbocycles. The summed E-state index contributed by atoms with van der Waals surface area (Å²) in [7, 11) is 1.70. The van der Waals surface area contributed by atoms with E-state index in [1.54, 1.807) is 7.11 Å². The fourth-order valence-corrected chi connectivity index (χ4v) is 1.99. The molecule has 5 nitrogen and oxygen atoms in total. The zero-order valence-corrected chi connectivity index (χ0v) is 17.0. The number of methoxy groups -OCH3 is 1. The van der Waals surface area contributed by atoms with Crippen molar-refractivity contribution < 1.29 is 9.47 Å². The zero-order chi connectivity index (χ0) is 16.2. The number of ether oxygens (including phenoxy) is 2. The Hall–Kier alpha value is -1.02. The predicted octanol–water partition coefficient (Wildman–Crippen LogP) is 3.10. The van der Waals surface area contributed by atoms with Crippen LogP contribution in [-0.2, 0) is 11.3 Å². The summed E-state index contributed by atoms with van der Waals surface area (Å²) in [6.45, 7) is 9.84. The van der Waals surface area contributed by atoms with Gasteiger partial charge in [-0.15, -0.1) is 24.0 Å². The predicted molar refractivity (Wildman–Crippen MR) is 107 cm³/mol. The Kier molecular flexibility index (Phi) is 12.8. The minimum atomic E-state index is 0. The number of nitrogens with zero attached hydrogens (tertiary/aromatic N) is 1. The fraction of sp³-hybridized carbons (Fsp3) is 0.588. The average molecular weight is 435 g/mol. The number of aliphatic imine (C=N–C) groups is 1. The molecule has 2 N–H and O–H groups in total. The summed E-state index contributed by atoms with van der Waals surface area (Å²) in [5, 5.41) is 6.45. The highest BCUT2D eigenvalue weighted by molar-refractivity contribution is 14.0. The Balaban J connectivity index is 0.00000484. The van der Waals surface area contributed by atoms with E-state index in [-0.39, 0.29) is 24.0 Å². The molecule has 0 saturated carbocycles. The zero-order valence-electron chi connectivity index (χ0n) is 14.6. The lowest BCUT2D eigenvalue weighted by atomic mass is 10.1. The van der Waals surface area contributed by atoms with Gasteiger partial charge in [0.25, 0.3) is 0 Å². The first kappa shape index (κ1) is 22.0. The van der Waals surface area contributed by atoms with Crippen molar-refractivity contribution in [3.05, 3.63) is 29.3 Å². The summed E-state index contributed by atoms with van der Waals surface area (Å²) in [5.41, 5.74) is 2.28. The summed E-state index contributed by atoms with van der Waals surface area (Å²) in [6.07, 6.45) is 0.882. The van der Waals surface area contributed by atoms with Gasteiger partial charge in [-0.3, -0.25) is 0 Å². The molecule has 0 radical (unpaired) electrons. The van der Waals surface area contributed by atoms with E-state index in [4.69, 9.17) is 9.47 Å². The first-order valence-corrected chi connectivity index (χ1v) is 7.94. The normalized spacial score (nSPS) is 9.74. The van der Waals surface area contributed by atoms with Crippen molar-refractivity contribution in [2.45, 2.75) is 33.7 Å². The van der Waals surface area contributed by atoms with Crippen molar-refractivity contribution in [3.63, 3.8) is 0 Å². The van der Waals surface area contributed by atoms with Crippen LogP contribution in [0.15, 0.2) is 23.2 Å². The number of hydrogen-bond donors (Lipinski definition) is 2. The van der Waals surface area contributed by atoms with E-state index >= 15 is 0 Å². The van der Waals surface area contributed by atoms with E-state index in [0.717, 1.165) is 36.8 Å². The van der Waals surface area contributed by atoms with Crippen molar-refractivity contribution in [1.82, 2.24) is 10.6 Å². The molecular formula is C17H30IN3O2. The van der Waals surface area contributed by atoms with Crippen LogP contribution in [0.25, 0.3) is 0 Å². The van der Waals surface area contributed by atoms with Crippen LogP contribution in [0.2, 0.25) is 0 Å². The second-order valence-electron chi connectivity index (χ2n) is 5.03. The van der Waals surface area contributed by atoms with Gasteiger partial charge >= 0.3 is 0 Å². The standard InChI is InChI=1S/C17H29N3O2.HI/c1-5-18-17(19-6-2)20-13-15-9-8-14(3)12-16(15)22-11-7-10-21-4;/h8-9,12H,5-7,10-11,13H2,1-4H3,(H2,18,19,20);1H. The molecular weight excluding hydrogens is 405 g/mol. The molecule has 0 spiro atoms. The SMILES string of the molecule is CCNC(=NCc1ccc(C)cc1OCCCOC)NCC.I. The lowest BCUT2D eigenvalue weighted by molar-refractivity contribution is 0.172. The van der Waals surface area contributed by atoms with Gasteiger partial charge in [-0.1, -0.05) is 12.1 Å². The summed E-state index contributed by atoms with van der Waals surface area (Å²) in [4.78, 5) is 4.60. The molecule has 0 aliphatic carbocycles. The maximum atomic E-state index is 5.88. The quantitative estimate of drug-likeness (QED) is 0.271. The lowest BCUT2D eigenvalue weighted by Crippen LogP contribution is -2.36. The first-order chi connectivity index (χ1) is 10.7. The van der Waals surface area contributed by atoms with Gasteiger partial charge in [0.15, 0.2) is 5.96 Å². The highest BCUT2D eigenvalue weighted by Gasteiger charge is 2.05.